The molecule has 1 fully saturated rings. The number of rotatable bonds is 5. The molecule has 4 heterocycles. The van der Waals surface area contributed by atoms with E-state index in [1.165, 1.54) is 6.07 Å². The molecule has 1 aliphatic rings. The minimum Gasteiger partial charge on any atom is -0.368 e. The van der Waals surface area contributed by atoms with Gasteiger partial charge in [0.2, 0.25) is 5.95 Å². The molecule has 0 bridgehead atoms. The standard InChI is InChI=1S/C23H22F3N7S/c24-23(25,26)17-4-7-20(28-13-17)29-18-9-11-32(12-10-18)34-19-5-1-15(2-6-19)16-3-8-21-30-31-22(27)33(21)14-16/h1-8,13-14,18H,9-12H2,(H2,27,31)(H,28,29). The van der Waals surface area contributed by atoms with Gasteiger partial charge in [0, 0.05) is 36.4 Å². The molecular formula is C23H22F3N7S. The maximum Gasteiger partial charge on any atom is 0.417 e. The molecule has 0 atom stereocenters. The molecule has 34 heavy (non-hydrogen) atoms. The number of hydrogen-bond donors (Lipinski definition) is 2. The van der Waals surface area contributed by atoms with Gasteiger partial charge in [0.15, 0.2) is 5.65 Å². The predicted molar refractivity (Wildman–Crippen MR) is 126 cm³/mol. The van der Waals surface area contributed by atoms with E-state index in [4.69, 9.17) is 5.73 Å². The number of pyridine rings is 2. The number of nitrogens with two attached hydrogens (primary N) is 1. The van der Waals surface area contributed by atoms with Crippen LogP contribution in [0.2, 0.25) is 0 Å². The largest absolute Gasteiger partial charge is 0.417 e. The second kappa shape index (κ2) is 9.15. The van der Waals surface area contributed by atoms with Crippen molar-refractivity contribution in [3.8, 4) is 11.1 Å². The molecule has 7 nitrogen and oxygen atoms in total. The van der Waals surface area contributed by atoms with Crippen LogP contribution >= 0.6 is 11.9 Å². The van der Waals surface area contributed by atoms with Crippen molar-refractivity contribution in [1.29, 1.82) is 0 Å². The van der Waals surface area contributed by atoms with E-state index in [1.54, 1.807) is 16.3 Å². The van der Waals surface area contributed by atoms with Gasteiger partial charge in [0.1, 0.15) is 5.82 Å². The number of nitrogen functional groups attached to an aromatic ring is 1. The first-order valence-electron chi connectivity index (χ1n) is 10.8. The molecule has 3 N–H and O–H groups in total. The van der Waals surface area contributed by atoms with E-state index in [0.717, 1.165) is 54.2 Å². The van der Waals surface area contributed by atoms with Gasteiger partial charge >= 0.3 is 6.18 Å². The minimum absolute atomic E-state index is 0.184. The third-order valence-corrected chi connectivity index (χ3v) is 6.85. The van der Waals surface area contributed by atoms with Crippen LogP contribution in [-0.4, -0.2) is 43.0 Å². The molecule has 4 aromatic rings. The highest BCUT2D eigenvalue weighted by Crippen LogP contribution is 2.31. The second-order valence-electron chi connectivity index (χ2n) is 8.10. The van der Waals surface area contributed by atoms with Crippen LogP contribution in [0.4, 0.5) is 24.9 Å². The fourth-order valence-electron chi connectivity index (χ4n) is 3.88. The summed E-state index contributed by atoms with van der Waals surface area (Å²) < 4.78 is 42.1. The summed E-state index contributed by atoms with van der Waals surface area (Å²) in [7, 11) is 0. The molecule has 1 aliphatic heterocycles. The molecule has 5 rings (SSSR count). The molecular weight excluding hydrogens is 463 g/mol. The Balaban J connectivity index is 1.14. The molecule has 0 spiro atoms. The number of nitrogens with zero attached hydrogens (tertiary/aromatic N) is 5. The number of fused-ring (bicyclic) bond motifs is 1. The molecule has 0 radical (unpaired) electrons. The van der Waals surface area contributed by atoms with Gasteiger partial charge in [-0.1, -0.05) is 12.1 Å². The summed E-state index contributed by atoms with van der Waals surface area (Å²) in [6.07, 6.45) is 0.195. The van der Waals surface area contributed by atoms with Crippen molar-refractivity contribution < 1.29 is 13.2 Å². The summed E-state index contributed by atoms with van der Waals surface area (Å²) in [5, 5.41) is 11.1. The predicted octanol–water partition coefficient (Wildman–Crippen LogP) is 4.98. The van der Waals surface area contributed by atoms with Crippen LogP contribution in [0.5, 0.6) is 0 Å². The summed E-state index contributed by atoms with van der Waals surface area (Å²) in [6, 6.07) is 14.9. The number of anilines is 2. The minimum atomic E-state index is -4.37. The molecule has 1 saturated heterocycles. The van der Waals surface area contributed by atoms with Gasteiger partial charge in [0.25, 0.3) is 0 Å². The Morgan fingerprint density at radius 1 is 0.941 bits per heavy atom. The number of nitrogens with one attached hydrogen (secondary N) is 1. The smallest absolute Gasteiger partial charge is 0.368 e. The Morgan fingerprint density at radius 2 is 1.68 bits per heavy atom. The first kappa shape index (κ1) is 22.5. The molecule has 3 aromatic heterocycles. The highest BCUT2D eigenvalue weighted by Gasteiger charge is 2.30. The van der Waals surface area contributed by atoms with E-state index in [0.29, 0.717) is 17.4 Å². The molecule has 0 saturated carbocycles. The van der Waals surface area contributed by atoms with Crippen molar-refractivity contribution >= 4 is 29.4 Å². The van der Waals surface area contributed by atoms with Gasteiger partial charge in [-0.15, -0.1) is 10.2 Å². The van der Waals surface area contributed by atoms with Gasteiger partial charge in [-0.3, -0.25) is 4.40 Å². The fraction of sp³-hybridized carbons (Fsp3) is 0.261. The van der Waals surface area contributed by atoms with E-state index >= 15 is 0 Å². The molecule has 176 valence electrons. The lowest BCUT2D eigenvalue weighted by Gasteiger charge is -2.31. The van der Waals surface area contributed by atoms with Crippen molar-refractivity contribution in [2.75, 3.05) is 24.1 Å². The van der Waals surface area contributed by atoms with Crippen LogP contribution in [0.3, 0.4) is 0 Å². The number of benzene rings is 1. The molecule has 0 aliphatic carbocycles. The quantitative estimate of drug-likeness (QED) is 0.386. The lowest BCUT2D eigenvalue weighted by molar-refractivity contribution is -0.137. The number of piperidine rings is 1. The number of hydrogen-bond acceptors (Lipinski definition) is 7. The molecule has 0 amide bonds. The van der Waals surface area contributed by atoms with Crippen LogP contribution in [-0.2, 0) is 6.18 Å². The Kier molecular flexibility index (Phi) is 6.05. The summed E-state index contributed by atoms with van der Waals surface area (Å²) in [4.78, 5) is 5.06. The fourth-order valence-corrected chi connectivity index (χ4v) is 4.83. The van der Waals surface area contributed by atoms with E-state index in [-0.39, 0.29) is 6.04 Å². The molecule has 0 unspecified atom stereocenters. The van der Waals surface area contributed by atoms with E-state index in [2.05, 4.69) is 49.1 Å². The Hall–Kier alpha value is -3.31. The Morgan fingerprint density at radius 3 is 2.35 bits per heavy atom. The van der Waals surface area contributed by atoms with Gasteiger partial charge in [-0.05, 0) is 72.3 Å². The molecule has 1 aromatic carbocycles. The Labute approximate surface area is 198 Å². The van der Waals surface area contributed by atoms with Gasteiger partial charge in [-0.25, -0.2) is 9.29 Å². The second-order valence-corrected chi connectivity index (χ2v) is 9.27. The van der Waals surface area contributed by atoms with Crippen molar-refractivity contribution in [1.82, 2.24) is 23.9 Å². The number of alkyl halides is 3. The number of aromatic nitrogens is 4. The van der Waals surface area contributed by atoms with Crippen molar-refractivity contribution in [2.24, 2.45) is 0 Å². The third-order valence-electron chi connectivity index (χ3n) is 5.75. The van der Waals surface area contributed by atoms with Crippen LogP contribution in [0.25, 0.3) is 16.8 Å². The topological polar surface area (TPSA) is 84.4 Å². The van der Waals surface area contributed by atoms with Gasteiger partial charge < -0.3 is 11.1 Å². The normalized spacial score (nSPS) is 15.6. The van der Waals surface area contributed by atoms with Crippen LogP contribution in [0.1, 0.15) is 18.4 Å². The maximum absolute atomic E-state index is 12.7. The van der Waals surface area contributed by atoms with Crippen molar-refractivity contribution in [3.05, 3.63) is 66.5 Å². The zero-order valence-corrected chi connectivity index (χ0v) is 18.9. The summed E-state index contributed by atoms with van der Waals surface area (Å²) in [5.41, 5.74) is 7.93. The van der Waals surface area contributed by atoms with Gasteiger partial charge in [-0.2, -0.15) is 13.2 Å². The zero-order valence-electron chi connectivity index (χ0n) is 18.0. The molecule has 11 heteroatoms. The number of halogens is 3. The van der Waals surface area contributed by atoms with Crippen LogP contribution < -0.4 is 11.1 Å². The summed E-state index contributed by atoms with van der Waals surface area (Å²) in [6.45, 7) is 1.74. The lowest BCUT2D eigenvalue weighted by atomic mass is 10.1. The lowest BCUT2D eigenvalue weighted by Crippen LogP contribution is -2.35. The first-order chi connectivity index (χ1) is 16.3. The maximum atomic E-state index is 12.7. The SMILES string of the molecule is Nc1nnc2ccc(-c3ccc(SN4CCC(Nc5ccc(C(F)(F)F)cn5)CC4)cc3)cn12. The third kappa shape index (κ3) is 4.95. The average Bonchev–Trinajstić information content (AvgIpc) is 3.21. The van der Waals surface area contributed by atoms with Crippen molar-refractivity contribution in [3.63, 3.8) is 0 Å². The van der Waals surface area contributed by atoms with E-state index in [9.17, 15) is 13.2 Å². The van der Waals surface area contributed by atoms with E-state index in [1.807, 2.05) is 18.3 Å². The van der Waals surface area contributed by atoms with Crippen molar-refractivity contribution in [2.45, 2.75) is 30.0 Å². The monoisotopic (exact) mass is 485 g/mol. The first-order valence-corrected chi connectivity index (χ1v) is 11.6. The van der Waals surface area contributed by atoms with Gasteiger partial charge in [0.05, 0.1) is 5.56 Å². The average molecular weight is 486 g/mol. The highest BCUT2D eigenvalue weighted by molar-refractivity contribution is 7.97. The summed E-state index contributed by atoms with van der Waals surface area (Å²) >= 11 is 1.71. The van der Waals surface area contributed by atoms with Crippen LogP contribution in [0, 0.1) is 0 Å². The van der Waals surface area contributed by atoms with E-state index < -0.39 is 11.7 Å². The highest BCUT2D eigenvalue weighted by atomic mass is 32.2. The summed E-state index contributed by atoms with van der Waals surface area (Å²) in [5.74, 6) is 0.831. The van der Waals surface area contributed by atoms with Crippen LogP contribution in [0.15, 0.2) is 65.8 Å². The zero-order chi connectivity index (χ0) is 23.7. The Bertz CT molecular complexity index is 1260.